The maximum Gasteiger partial charge on any atom is 0.320 e. The molecular formula is C29H43ClN4O4S. The number of ether oxygens (including phenoxy) is 1. The monoisotopic (exact) mass is 578 g/mol. The average molecular weight is 579 g/mol. The largest absolute Gasteiger partial charge is 0.457 e. The highest BCUT2D eigenvalue weighted by molar-refractivity contribution is 7.92. The number of amides is 2. The number of urea groups is 1. The molecule has 2 fully saturated rings. The maximum absolute atomic E-state index is 13.3. The lowest BCUT2D eigenvalue weighted by Gasteiger charge is -2.41. The van der Waals surface area contributed by atoms with Crippen molar-refractivity contribution in [1.82, 2.24) is 14.7 Å². The summed E-state index contributed by atoms with van der Waals surface area (Å²) in [4.78, 5) is 20.0. The first-order chi connectivity index (χ1) is 18.3. The molecule has 0 bridgehead atoms. The number of nitrogens with one attached hydrogen (secondary N) is 1. The number of halogens is 1. The van der Waals surface area contributed by atoms with Crippen molar-refractivity contribution >= 4 is 34.1 Å². The number of rotatable bonds is 10. The summed E-state index contributed by atoms with van der Waals surface area (Å²) >= 11 is 0. The number of hydrogen-bond acceptors (Lipinski definition) is 5. The van der Waals surface area contributed by atoms with Crippen LogP contribution < -0.4 is 9.46 Å². The fourth-order valence-corrected chi connectivity index (χ4v) is 5.85. The molecule has 10 heteroatoms. The molecular weight excluding hydrogens is 536 g/mol. The van der Waals surface area contributed by atoms with E-state index < -0.39 is 10.0 Å². The van der Waals surface area contributed by atoms with Crippen LogP contribution in [0.1, 0.15) is 57.4 Å². The van der Waals surface area contributed by atoms with Crippen molar-refractivity contribution in [2.24, 2.45) is 0 Å². The molecule has 0 aliphatic carbocycles. The molecule has 0 unspecified atom stereocenters. The SMILES string of the molecule is CCCCN(C(=O)N1CCCCC1)C1CCN(Cc2ccc(Oc3ccc(NS(C)(=O)=O)cc3)cc2)CC1.Cl. The van der Waals surface area contributed by atoms with Crippen molar-refractivity contribution in [2.75, 3.05) is 43.7 Å². The van der Waals surface area contributed by atoms with Crippen LogP contribution in [-0.4, -0.2) is 74.2 Å². The van der Waals surface area contributed by atoms with Gasteiger partial charge in [0.05, 0.1) is 6.26 Å². The number of hydrogen-bond donors (Lipinski definition) is 1. The van der Waals surface area contributed by atoms with Crippen LogP contribution in [0.4, 0.5) is 10.5 Å². The van der Waals surface area contributed by atoms with Gasteiger partial charge in [-0.2, -0.15) is 0 Å². The van der Waals surface area contributed by atoms with E-state index in [2.05, 4.69) is 38.5 Å². The molecule has 1 N–H and O–H groups in total. The Morgan fingerprint density at radius 2 is 1.54 bits per heavy atom. The number of benzene rings is 2. The van der Waals surface area contributed by atoms with Gasteiger partial charge in [-0.25, -0.2) is 13.2 Å². The summed E-state index contributed by atoms with van der Waals surface area (Å²) in [5.74, 6) is 1.38. The lowest BCUT2D eigenvalue weighted by molar-refractivity contribution is 0.0903. The van der Waals surface area contributed by atoms with E-state index >= 15 is 0 Å². The Morgan fingerprint density at radius 1 is 0.949 bits per heavy atom. The first kappa shape index (κ1) is 31.0. The lowest BCUT2D eigenvalue weighted by atomic mass is 10.0. The number of likely N-dealkylation sites (tertiary alicyclic amines) is 2. The quantitative estimate of drug-likeness (QED) is 0.377. The van der Waals surface area contributed by atoms with E-state index in [1.165, 1.54) is 12.0 Å². The Bertz CT molecular complexity index is 1130. The van der Waals surface area contributed by atoms with E-state index in [-0.39, 0.29) is 18.4 Å². The van der Waals surface area contributed by atoms with Crippen LogP contribution in [0.15, 0.2) is 48.5 Å². The van der Waals surface area contributed by atoms with E-state index in [9.17, 15) is 13.2 Å². The van der Waals surface area contributed by atoms with Crippen LogP contribution in [0, 0.1) is 0 Å². The molecule has 4 rings (SSSR count). The van der Waals surface area contributed by atoms with Gasteiger partial charge in [0.15, 0.2) is 0 Å². The zero-order chi connectivity index (χ0) is 27.0. The topological polar surface area (TPSA) is 82.2 Å². The average Bonchev–Trinajstić information content (AvgIpc) is 2.91. The standard InChI is InChI=1S/C29H42N4O4S.ClH/c1-3-4-20-33(29(34)32-18-6-5-7-19-32)26-16-21-31(22-17-26)23-24-8-12-27(13-9-24)37-28-14-10-25(11-15-28)30-38(2,35)36;/h8-15,26,30H,3-7,16-23H2,1-2H3;1H. The fourth-order valence-electron chi connectivity index (χ4n) is 5.28. The van der Waals surface area contributed by atoms with Crippen LogP contribution in [-0.2, 0) is 16.6 Å². The summed E-state index contributed by atoms with van der Waals surface area (Å²) in [6, 6.07) is 15.5. The highest BCUT2D eigenvalue weighted by atomic mass is 35.5. The molecule has 2 aliphatic rings. The van der Waals surface area contributed by atoms with Gasteiger partial charge in [-0.05, 0) is 80.5 Å². The molecule has 2 saturated heterocycles. The van der Waals surface area contributed by atoms with Gasteiger partial charge < -0.3 is 14.5 Å². The third kappa shape index (κ3) is 9.58. The summed E-state index contributed by atoms with van der Waals surface area (Å²) in [7, 11) is -3.30. The molecule has 0 saturated carbocycles. The minimum Gasteiger partial charge on any atom is -0.457 e. The van der Waals surface area contributed by atoms with E-state index in [0.29, 0.717) is 17.5 Å². The van der Waals surface area contributed by atoms with Gasteiger partial charge >= 0.3 is 6.03 Å². The molecule has 2 heterocycles. The number of unbranched alkanes of at least 4 members (excludes halogenated alkanes) is 1. The smallest absolute Gasteiger partial charge is 0.320 e. The number of piperidine rings is 2. The number of carbonyl (C=O) groups excluding carboxylic acids is 1. The molecule has 2 aromatic carbocycles. The first-order valence-corrected chi connectivity index (χ1v) is 15.8. The predicted octanol–water partition coefficient (Wildman–Crippen LogP) is 5.94. The predicted molar refractivity (Wildman–Crippen MR) is 159 cm³/mol. The number of carbonyl (C=O) groups is 1. The van der Waals surface area contributed by atoms with Crippen molar-refractivity contribution < 1.29 is 17.9 Å². The Kier molecular flexibility index (Phi) is 11.8. The molecule has 8 nitrogen and oxygen atoms in total. The van der Waals surface area contributed by atoms with Crippen molar-refractivity contribution in [3.05, 3.63) is 54.1 Å². The van der Waals surface area contributed by atoms with Crippen LogP contribution >= 0.6 is 12.4 Å². The molecule has 0 aromatic heterocycles. The number of nitrogens with zero attached hydrogens (tertiary/aromatic N) is 3. The van der Waals surface area contributed by atoms with E-state index in [0.717, 1.165) is 89.8 Å². The zero-order valence-electron chi connectivity index (χ0n) is 23.2. The summed E-state index contributed by atoms with van der Waals surface area (Å²) in [6.07, 6.45) is 8.84. The molecule has 0 radical (unpaired) electrons. The molecule has 2 aliphatic heterocycles. The van der Waals surface area contributed by atoms with Gasteiger partial charge in [-0.15, -0.1) is 12.4 Å². The van der Waals surface area contributed by atoms with Crippen LogP contribution in [0.2, 0.25) is 0 Å². The van der Waals surface area contributed by atoms with Crippen molar-refractivity contribution in [3.8, 4) is 11.5 Å². The number of sulfonamides is 1. The first-order valence-electron chi connectivity index (χ1n) is 13.9. The number of anilines is 1. The minimum absolute atomic E-state index is 0. The summed E-state index contributed by atoms with van der Waals surface area (Å²) in [5.41, 5.74) is 1.74. The maximum atomic E-state index is 13.3. The second-order valence-electron chi connectivity index (χ2n) is 10.5. The van der Waals surface area contributed by atoms with Crippen LogP contribution in [0.5, 0.6) is 11.5 Å². The third-order valence-corrected chi connectivity index (χ3v) is 7.95. The van der Waals surface area contributed by atoms with Crippen LogP contribution in [0.3, 0.4) is 0 Å². The zero-order valence-corrected chi connectivity index (χ0v) is 24.8. The molecule has 2 aromatic rings. The lowest BCUT2D eigenvalue weighted by Crippen LogP contribution is -2.53. The Morgan fingerprint density at radius 3 is 2.10 bits per heavy atom. The highest BCUT2D eigenvalue weighted by Gasteiger charge is 2.30. The van der Waals surface area contributed by atoms with Crippen molar-refractivity contribution in [1.29, 1.82) is 0 Å². The second kappa shape index (κ2) is 14.8. The van der Waals surface area contributed by atoms with Crippen molar-refractivity contribution in [3.63, 3.8) is 0 Å². The van der Waals surface area contributed by atoms with Crippen molar-refractivity contribution in [2.45, 2.75) is 64.5 Å². The summed E-state index contributed by atoms with van der Waals surface area (Å²) in [6.45, 7) is 7.75. The van der Waals surface area contributed by atoms with Gasteiger partial charge in [0.1, 0.15) is 11.5 Å². The molecule has 0 atom stereocenters. The van der Waals surface area contributed by atoms with Gasteiger partial charge in [0.25, 0.3) is 0 Å². The minimum atomic E-state index is -3.30. The Hall–Kier alpha value is -2.49. The highest BCUT2D eigenvalue weighted by Crippen LogP contribution is 2.25. The summed E-state index contributed by atoms with van der Waals surface area (Å²) < 4.78 is 31.1. The van der Waals surface area contributed by atoms with E-state index in [1.807, 2.05) is 12.1 Å². The molecule has 216 valence electrons. The fraction of sp³-hybridized carbons (Fsp3) is 0.552. The summed E-state index contributed by atoms with van der Waals surface area (Å²) in [5, 5.41) is 0. The van der Waals surface area contributed by atoms with Crippen LogP contribution in [0.25, 0.3) is 0 Å². The van der Waals surface area contributed by atoms with Gasteiger partial charge in [-0.1, -0.05) is 25.5 Å². The Labute approximate surface area is 240 Å². The van der Waals surface area contributed by atoms with Gasteiger partial charge in [0, 0.05) is 51.0 Å². The normalized spacial score (nSPS) is 16.8. The van der Waals surface area contributed by atoms with E-state index in [4.69, 9.17) is 4.74 Å². The van der Waals surface area contributed by atoms with E-state index in [1.54, 1.807) is 24.3 Å². The third-order valence-electron chi connectivity index (χ3n) is 7.35. The molecule has 0 spiro atoms. The molecule has 39 heavy (non-hydrogen) atoms. The van der Waals surface area contributed by atoms with Gasteiger partial charge in [-0.3, -0.25) is 9.62 Å². The Balaban J connectivity index is 0.00000420. The van der Waals surface area contributed by atoms with Gasteiger partial charge in [0.2, 0.25) is 10.0 Å². The molecule has 2 amide bonds. The second-order valence-corrected chi connectivity index (χ2v) is 12.3.